The lowest BCUT2D eigenvalue weighted by molar-refractivity contribution is 0.0977. The van der Waals surface area contributed by atoms with Crippen molar-refractivity contribution in [1.82, 2.24) is 10.3 Å². The van der Waals surface area contributed by atoms with Crippen molar-refractivity contribution < 1.29 is 13.9 Å². The number of amides is 1. The summed E-state index contributed by atoms with van der Waals surface area (Å²) in [6, 6.07) is 30.3. The van der Waals surface area contributed by atoms with Crippen molar-refractivity contribution in [2.24, 2.45) is 0 Å². The topological polar surface area (TPSA) is 76.4 Å². The van der Waals surface area contributed by atoms with Crippen LogP contribution < -0.4 is 15.4 Å². The van der Waals surface area contributed by atoms with Crippen molar-refractivity contribution >= 4 is 40.0 Å². The number of nitrogens with zero attached hydrogens (tertiary/aromatic N) is 1. The van der Waals surface area contributed by atoms with E-state index in [0.717, 1.165) is 16.7 Å². The lowest BCUT2D eigenvalue weighted by Gasteiger charge is -2.10. The first-order valence-electron chi connectivity index (χ1n) is 11.4. The van der Waals surface area contributed by atoms with Crippen LogP contribution in [0.1, 0.15) is 21.5 Å². The molecule has 0 atom stereocenters. The second-order valence-electron chi connectivity index (χ2n) is 8.28. The van der Waals surface area contributed by atoms with Gasteiger partial charge in [0.05, 0.1) is 0 Å². The summed E-state index contributed by atoms with van der Waals surface area (Å²) >= 11 is 5.34. The quantitative estimate of drug-likeness (QED) is 0.263. The number of oxazole rings is 1. The molecule has 0 bridgehead atoms. The van der Waals surface area contributed by atoms with E-state index in [-0.39, 0.29) is 11.0 Å². The molecule has 1 amide bonds. The van der Waals surface area contributed by atoms with E-state index in [1.165, 1.54) is 0 Å². The van der Waals surface area contributed by atoms with Crippen molar-refractivity contribution in [3.8, 4) is 17.2 Å². The zero-order chi connectivity index (χ0) is 24.9. The molecule has 1 aromatic heterocycles. The number of thiocarbonyl (C=S) groups is 1. The Labute approximate surface area is 213 Å². The van der Waals surface area contributed by atoms with Crippen LogP contribution in [-0.4, -0.2) is 16.0 Å². The maximum atomic E-state index is 12.6. The molecule has 0 saturated carbocycles. The molecular weight excluding hydrogens is 470 g/mol. The fourth-order valence-corrected chi connectivity index (χ4v) is 3.90. The fraction of sp³-hybridized carbons (Fsp3) is 0.0690. The highest BCUT2D eigenvalue weighted by Crippen LogP contribution is 2.26. The van der Waals surface area contributed by atoms with Crippen molar-refractivity contribution in [3.63, 3.8) is 0 Å². The number of hydrogen-bond acceptors (Lipinski definition) is 5. The molecule has 6 nitrogen and oxygen atoms in total. The van der Waals surface area contributed by atoms with Crippen LogP contribution in [0.25, 0.3) is 22.6 Å². The Morgan fingerprint density at radius 3 is 2.53 bits per heavy atom. The van der Waals surface area contributed by atoms with E-state index < -0.39 is 0 Å². The van der Waals surface area contributed by atoms with Crippen LogP contribution in [-0.2, 0) is 6.61 Å². The monoisotopic (exact) mass is 493 g/mol. The Kier molecular flexibility index (Phi) is 6.73. The molecule has 0 aliphatic carbocycles. The SMILES string of the molecule is Cc1cccc(-c2nc3cc(NC(=S)NC(=O)c4ccc(OCc5ccccc5)cc4)ccc3o2)c1. The van der Waals surface area contributed by atoms with Crippen molar-refractivity contribution in [1.29, 1.82) is 0 Å². The molecule has 4 aromatic carbocycles. The summed E-state index contributed by atoms with van der Waals surface area (Å²) in [5, 5.41) is 5.93. The highest BCUT2D eigenvalue weighted by molar-refractivity contribution is 7.80. The van der Waals surface area contributed by atoms with E-state index in [0.29, 0.717) is 40.6 Å². The van der Waals surface area contributed by atoms with Gasteiger partial charge >= 0.3 is 0 Å². The molecule has 0 unspecified atom stereocenters. The van der Waals surface area contributed by atoms with Gasteiger partial charge in [-0.3, -0.25) is 10.1 Å². The van der Waals surface area contributed by atoms with E-state index in [2.05, 4.69) is 15.6 Å². The molecule has 0 fully saturated rings. The molecule has 0 aliphatic heterocycles. The van der Waals surface area contributed by atoms with E-state index in [4.69, 9.17) is 21.4 Å². The zero-order valence-corrected chi connectivity index (χ0v) is 20.3. The Balaban J connectivity index is 1.19. The first-order chi connectivity index (χ1) is 17.5. The van der Waals surface area contributed by atoms with Crippen molar-refractivity contribution in [2.75, 3.05) is 5.32 Å². The number of aromatic nitrogens is 1. The third-order valence-electron chi connectivity index (χ3n) is 5.50. The Morgan fingerprint density at radius 2 is 1.75 bits per heavy atom. The Morgan fingerprint density at radius 1 is 0.944 bits per heavy atom. The van der Waals surface area contributed by atoms with Crippen LogP contribution in [0.4, 0.5) is 5.69 Å². The first-order valence-corrected chi connectivity index (χ1v) is 11.8. The van der Waals surface area contributed by atoms with Gasteiger partial charge in [-0.05, 0) is 79.3 Å². The third-order valence-corrected chi connectivity index (χ3v) is 5.71. The summed E-state index contributed by atoms with van der Waals surface area (Å²) in [5.74, 6) is 0.923. The van der Waals surface area contributed by atoms with Crippen LogP contribution >= 0.6 is 12.2 Å². The standard InChI is InChI=1S/C29H23N3O3S/c1-19-6-5-9-22(16-19)28-31-25-17-23(12-15-26(25)35-28)30-29(36)32-27(33)21-10-13-24(14-11-21)34-18-20-7-3-2-4-8-20/h2-17H,18H2,1H3,(H2,30,32,33,36). The van der Waals surface area contributed by atoms with Gasteiger partial charge in [0.1, 0.15) is 17.9 Å². The summed E-state index contributed by atoms with van der Waals surface area (Å²) in [6.07, 6.45) is 0. The van der Waals surface area contributed by atoms with E-state index >= 15 is 0 Å². The largest absolute Gasteiger partial charge is 0.489 e. The average Bonchev–Trinajstić information content (AvgIpc) is 3.32. The van der Waals surface area contributed by atoms with Crippen molar-refractivity contribution in [3.05, 3.63) is 114 Å². The highest BCUT2D eigenvalue weighted by Gasteiger charge is 2.11. The summed E-state index contributed by atoms with van der Waals surface area (Å²) in [7, 11) is 0. The number of ether oxygens (including phenoxy) is 1. The van der Waals surface area contributed by atoms with Gasteiger partial charge in [-0.25, -0.2) is 4.98 Å². The second-order valence-corrected chi connectivity index (χ2v) is 8.69. The molecule has 5 rings (SSSR count). The molecule has 1 heterocycles. The number of hydrogen-bond donors (Lipinski definition) is 2. The van der Waals surface area contributed by atoms with Gasteiger partial charge in [0.15, 0.2) is 10.7 Å². The minimum Gasteiger partial charge on any atom is -0.489 e. The van der Waals surface area contributed by atoms with Crippen LogP contribution in [0, 0.1) is 6.92 Å². The molecule has 0 radical (unpaired) electrons. The number of carbonyl (C=O) groups excluding carboxylic acids is 1. The van der Waals surface area contributed by atoms with Gasteiger partial charge < -0.3 is 14.5 Å². The number of benzene rings is 4. The molecule has 2 N–H and O–H groups in total. The number of carbonyl (C=O) groups is 1. The third kappa shape index (κ3) is 5.59. The van der Waals surface area contributed by atoms with Crippen LogP contribution in [0.15, 0.2) is 101 Å². The second kappa shape index (κ2) is 10.4. The maximum absolute atomic E-state index is 12.6. The van der Waals surface area contributed by atoms with Gasteiger partial charge in [0.25, 0.3) is 5.91 Å². The number of fused-ring (bicyclic) bond motifs is 1. The predicted octanol–water partition coefficient (Wildman–Crippen LogP) is 6.51. The van der Waals surface area contributed by atoms with Gasteiger partial charge in [-0.1, -0.05) is 48.0 Å². The minimum atomic E-state index is -0.314. The Hall–Kier alpha value is -4.49. The lowest BCUT2D eigenvalue weighted by atomic mass is 10.1. The number of rotatable bonds is 6. The molecule has 0 spiro atoms. The molecule has 178 valence electrons. The summed E-state index contributed by atoms with van der Waals surface area (Å²) in [6.45, 7) is 2.49. The summed E-state index contributed by atoms with van der Waals surface area (Å²) in [4.78, 5) is 17.2. The molecule has 36 heavy (non-hydrogen) atoms. The zero-order valence-electron chi connectivity index (χ0n) is 19.5. The molecular formula is C29H23N3O3S. The average molecular weight is 494 g/mol. The fourth-order valence-electron chi connectivity index (χ4n) is 3.69. The Bertz CT molecular complexity index is 1530. The van der Waals surface area contributed by atoms with E-state index in [1.54, 1.807) is 24.3 Å². The van der Waals surface area contributed by atoms with E-state index in [1.807, 2.05) is 79.7 Å². The number of aryl methyl sites for hydroxylation is 1. The van der Waals surface area contributed by atoms with E-state index in [9.17, 15) is 4.79 Å². The molecule has 0 saturated heterocycles. The number of anilines is 1. The summed E-state index contributed by atoms with van der Waals surface area (Å²) < 4.78 is 11.7. The smallest absolute Gasteiger partial charge is 0.257 e. The van der Waals surface area contributed by atoms with Gasteiger partial charge in [0, 0.05) is 16.8 Å². The van der Waals surface area contributed by atoms with Gasteiger partial charge in [0.2, 0.25) is 5.89 Å². The molecule has 0 aliphatic rings. The number of nitrogens with one attached hydrogen (secondary N) is 2. The van der Waals surface area contributed by atoms with Crippen LogP contribution in [0.3, 0.4) is 0 Å². The normalized spacial score (nSPS) is 10.7. The first kappa shape index (κ1) is 23.3. The maximum Gasteiger partial charge on any atom is 0.257 e. The lowest BCUT2D eigenvalue weighted by Crippen LogP contribution is -2.34. The van der Waals surface area contributed by atoms with Crippen molar-refractivity contribution in [2.45, 2.75) is 13.5 Å². The molecule has 5 aromatic rings. The predicted molar refractivity (Wildman–Crippen MR) is 145 cm³/mol. The van der Waals surface area contributed by atoms with Gasteiger partial charge in [-0.15, -0.1) is 0 Å². The van der Waals surface area contributed by atoms with Crippen LogP contribution in [0.2, 0.25) is 0 Å². The molecule has 7 heteroatoms. The van der Waals surface area contributed by atoms with Gasteiger partial charge in [-0.2, -0.15) is 0 Å². The highest BCUT2D eigenvalue weighted by atomic mass is 32.1. The van der Waals surface area contributed by atoms with Crippen LogP contribution in [0.5, 0.6) is 5.75 Å². The minimum absolute atomic E-state index is 0.186. The summed E-state index contributed by atoms with van der Waals surface area (Å²) in [5.41, 5.74) is 5.65.